The van der Waals surface area contributed by atoms with Crippen LogP contribution in [0.2, 0.25) is 0 Å². The number of carbonyl (C=O) groups excluding carboxylic acids is 2. The van der Waals surface area contributed by atoms with Gasteiger partial charge >= 0.3 is 5.91 Å². The van der Waals surface area contributed by atoms with Crippen LogP contribution in [-0.2, 0) is 11.3 Å². The molecule has 184 valence electrons. The molecule has 0 saturated carbocycles. The molecule has 0 spiro atoms. The molecule has 0 aliphatic carbocycles. The van der Waals surface area contributed by atoms with E-state index in [0.717, 1.165) is 36.4 Å². The lowest BCUT2D eigenvalue weighted by Crippen LogP contribution is -2.36. The molecule has 0 atom stereocenters. The van der Waals surface area contributed by atoms with Gasteiger partial charge in [-0.25, -0.2) is 11.6 Å². The maximum absolute atomic E-state index is 12.1. The van der Waals surface area contributed by atoms with Crippen LogP contribution in [0.15, 0.2) is 66.9 Å². The molecule has 1 aromatic heterocycles. The molecule has 1 aliphatic rings. The van der Waals surface area contributed by atoms with Crippen molar-refractivity contribution >= 4 is 34.7 Å². The van der Waals surface area contributed by atoms with Crippen molar-refractivity contribution in [2.45, 2.75) is 13.0 Å². The maximum atomic E-state index is 12.1. The molecule has 36 heavy (non-hydrogen) atoms. The molecule has 3 aromatic rings. The van der Waals surface area contributed by atoms with Crippen LogP contribution in [0.4, 0.5) is 22.9 Å². The van der Waals surface area contributed by atoms with Crippen LogP contribution in [0.25, 0.3) is 4.85 Å². The van der Waals surface area contributed by atoms with Gasteiger partial charge in [0.2, 0.25) is 0 Å². The van der Waals surface area contributed by atoms with Gasteiger partial charge in [0.25, 0.3) is 12.5 Å². The van der Waals surface area contributed by atoms with Gasteiger partial charge in [0.05, 0.1) is 11.3 Å². The summed E-state index contributed by atoms with van der Waals surface area (Å²) >= 11 is 0. The van der Waals surface area contributed by atoms with Gasteiger partial charge in [-0.2, -0.15) is 0 Å². The molecule has 2 amide bonds. The minimum absolute atomic E-state index is 0.0850. The molecule has 9 heteroatoms. The van der Waals surface area contributed by atoms with Crippen molar-refractivity contribution in [1.29, 1.82) is 0 Å². The summed E-state index contributed by atoms with van der Waals surface area (Å²) in [6, 6.07) is 19.7. The standard InChI is InChI=1S/C27H29N7O2/c1-29-19-26(35)34-13-5-12-33(14-15-34)22-10-8-21(9-11-22)32-25-16-24(23(18-31-25)27(28)36)30-17-20-6-3-2-4-7-20/h2-4,6-11,16,18H,5,12-15,17,19H2,(H2,28,36)(H2,30,31,32). The number of benzene rings is 2. The summed E-state index contributed by atoms with van der Waals surface area (Å²) in [5.74, 6) is -0.0494. The summed E-state index contributed by atoms with van der Waals surface area (Å²) in [6.07, 6.45) is 2.34. The van der Waals surface area contributed by atoms with Crippen LogP contribution in [0.5, 0.6) is 0 Å². The van der Waals surface area contributed by atoms with Crippen LogP contribution < -0.4 is 21.3 Å². The van der Waals surface area contributed by atoms with Gasteiger partial charge in [0.1, 0.15) is 5.82 Å². The Morgan fingerprint density at radius 1 is 1.03 bits per heavy atom. The van der Waals surface area contributed by atoms with Crippen molar-refractivity contribution in [2.75, 3.05) is 48.3 Å². The van der Waals surface area contributed by atoms with Gasteiger partial charge in [-0.15, -0.1) is 0 Å². The first-order valence-electron chi connectivity index (χ1n) is 11.8. The molecular weight excluding hydrogens is 454 g/mol. The third-order valence-corrected chi connectivity index (χ3v) is 6.06. The van der Waals surface area contributed by atoms with Crippen molar-refractivity contribution in [3.8, 4) is 0 Å². The fourth-order valence-electron chi connectivity index (χ4n) is 4.16. The summed E-state index contributed by atoms with van der Waals surface area (Å²) in [5.41, 5.74) is 9.50. The number of hydrogen-bond acceptors (Lipinski definition) is 6. The fraction of sp³-hybridized carbons (Fsp3) is 0.259. The predicted molar refractivity (Wildman–Crippen MR) is 141 cm³/mol. The molecule has 4 rings (SSSR count). The van der Waals surface area contributed by atoms with Crippen LogP contribution in [0.1, 0.15) is 22.3 Å². The topological polar surface area (TPSA) is 108 Å². The summed E-state index contributed by atoms with van der Waals surface area (Å²) in [5, 5.41) is 6.57. The Bertz CT molecular complexity index is 1240. The Morgan fingerprint density at radius 2 is 1.81 bits per heavy atom. The van der Waals surface area contributed by atoms with E-state index in [1.54, 1.807) is 11.0 Å². The molecule has 0 bridgehead atoms. The molecule has 4 N–H and O–H groups in total. The highest BCUT2D eigenvalue weighted by Crippen LogP contribution is 2.25. The highest BCUT2D eigenvalue weighted by molar-refractivity contribution is 5.98. The zero-order valence-electron chi connectivity index (χ0n) is 20.0. The second-order valence-electron chi connectivity index (χ2n) is 8.53. The number of rotatable bonds is 8. The Labute approximate surface area is 210 Å². The van der Waals surface area contributed by atoms with Crippen LogP contribution in [-0.4, -0.2) is 54.4 Å². The molecule has 1 fully saturated rings. The van der Waals surface area contributed by atoms with Crippen molar-refractivity contribution in [3.63, 3.8) is 0 Å². The normalized spacial score (nSPS) is 13.4. The number of primary amides is 1. The van der Waals surface area contributed by atoms with E-state index in [2.05, 4.69) is 25.4 Å². The minimum atomic E-state index is -0.541. The van der Waals surface area contributed by atoms with Crippen molar-refractivity contribution in [1.82, 2.24) is 9.88 Å². The van der Waals surface area contributed by atoms with Crippen LogP contribution >= 0.6 is 0 Å². The lowest BCUT2D eigenvalue weighted by Gasteiger charge is -2.23. The smallest absolute Gasteiger partial charge is 0.302 e. The van der Waals surface area contributed by atoms with Crippen LogP contribution in [0, 0.1) is 6.57 Å². The Balaban J connectivity index is 1.41. The summed E-state index contributed by atoms with van der Waals surface area (Å²) in [6.45, 7) is 10.2. The first-order chi connectivity index (χ1) is 17.5. The highest BCUT2D eigenvalue weighted by Gasteiger charge is 2.20. The average Bonchev–Trinajstić information content (AvgIpc) is 3.15. The lowest BCUT2D eigenvalue weighted by molar-refractivity contribution is -0.128. The van der Waals surface area contributed by atoms with Gasteiger partial charge in [0.15, 0.2) is 0 Å². The molecule has 0 unspecified atom stereocenters. The molecule has 0 radical (unpaired) electrons. The molecule has 1 aliphatic heterocycles. The third-order valence-electron chi connectivity index (χ3n) is 6.06. The highest BCUT2D eigenvalue weighted by atomic mass is 16.2. The third kappa shape index (κ3) is 6.30. The number of amides is 2. The Kier molecular flexibility index (Phi) is 7.98. The molecule has 2 aromatic carbocycles. The maximum Gasteiger partial charge on any atom is 0.302 e. The fourth-order valence-corrected chi connectivity index (χ4v) is 4.16. The van der Waals surface area contributed by atoms with Gasteiger partial charge in [-0.1, -0.05) is 30.3 Å². The number of carbonyl (C=O) groups is 2. The van der Waals surface area contributed by atoms with Crippen molar-refractivity contribution in [2.24, 2.45) is 5.73 Å². The Morgan fingerprint density at radius 3 is 2.53 bits per heavy atom. The van der Waals surface area contributed by atoms with Crippen LogP contribution in [0.3, 0.4) is 0 Å². The van der Waals surface area contributed by atoms with E-state index < -0.39 is 5.91 Å². The van der Waals surface area contributed by atoms with E-state index in [4.69, 9.17) is 12.3 Å². The first-order valence-corrected chi connectivity index (χ1v) is 11.8. The number of anilines is 4. The van der Waals surface area contributed by atoms with Crippen molar-refractivity contribution < 1.29 is 9.59 Å². The number of nitrogens with one attached hydrogen (secondary N) is 2. The predicted octanol–water partition coefficient (Wildman–Crippen LogP) is 3.49. The lowest BCUT2D eigenvalue weighted by atomic mass is 10.2. The quantitative estimate of drug-likeness (QED) is 0.424. The summed E-state index contributed by atoms with van der Waals surface area (Å²) in [7, 11) is 0. The Hall–Kier alpha value is -4.58. The first kappa shape index (κ1) is 24.5. The monoisotopic (exact) mass is 483 g/mol. The largest absolute Gasteiger partial charge is 0.380 e. The van der Waals surface area contributed by atoms with Gasteiger partial charge in [-0.05, 0) is 36.2 Å². The van der Waals surface area contributed by atoms with E-state index >= 15 is 0 Å². The van der Waals surface area contributed by atoms with Gasteiger partial charge < -0.3 is 31.0 Å². The second kappa shape index (κ2) is 11.7. The number of hydrogen-bond donors (Lipinski definition) is 3. The van der Waals surface area contributed by atoms with E-state index in [0.29, 0.717) is 36.7 Å². The van der Waals surface area contributed by atoms with E-state index in [1.165, 1.54) is 6.20 Å². The van der Waals surface area contributed by atoms with Gasteiger partial charge in [-0.3, -0.25) is 9.59 Å². The SMILES string of the molecule is [C-]#[N+]CC(=O)N1CCCN(c2ccc(Nc3cc(NCc4ccccc4)c(C(N)=O)cn3)cc2)CC1. The van der Waals surface area contributed by atoms with E-state index in [9.17, 15) is 9.59 Å². The zero-order valence-corrected chi connectivity index (χ0v) is 20.0. The number of pyridine rings is 1. The van der Waals surface area contributed by atoms with Crippen molar-refractivity contribution in [3.05, 3.63) is 89.4 Å². The average molecular weight is 484 g/mol. The molecule has 9 nitrogen and oxygen atoms in total. The number of aromatic nitrogens is 1. The zero-order chi connectivity index (χ0) is 25.3. The molecule has 2 heterocycles. The number of nitrogens with zero attached hydrogens (tertiary/aromatic N) is 4. The minimum Gasteiger partial charge on any atom is -0.380 e. The van der Waals surface area contributed by atoms with Gasteiger partial charge in [0, 0.05) is 56.4 Å². The summed E-state index contributed by atoms with van der Waals surface area (Å²) < 4.78 is 0. The van der Waals surface area contributed by atoms with E-state index in [1.807, 2.05) is 54.6 Å². The molecule has 1 saturated heterocycles. The molecular formula is C27H29N7O2. The van der Waals surface area contributed by atoms with E-state index in [-0.39, 0.29) is 12.5 Å². The second-order valence-corrected chi connectivity index (χ2v) is 8.53. The summed E-state index contributed by atoms with van der Waals surface area (Å²) in [4.78, 5) is 35.5. The number of nitrogens with two attached hydrogens (primary N) is 1.